The van der Waals surface area contributed by atoms with Crippen LogP contribution in [0.25, 0.3) is 0 Å². The molecule has 0 saturated heterocycles. The van der Waals surface area contributed by atoms with Crippen LogP contribution < -0.4 is 16.5 Å². The molecule has 3 aromatic carbocycles. The van der Waals surface area contributed by atoms with Crippen LogP contribution in [0.2, 0.25) is 0 Å². The van der Waals surface area contributed by atoms with Crippen molar-refractivity contribution in [3.8, 4) is 23.7 Å². The molecule has 182 valence electrons. The van der Waals surface area contributed by atoms with Gasteiger partial charge in [-0.3, -0.25) is 14.8 Å². The van der Waals surface area contributed by atoms with Crippen molar-refractivity contribution >= 4 is 17.5 Å². The van der Waals surface area contributed by atoms with Gasteiger partial charge in [0, 0.05) is 22.4 Å². The molecule has 8 heteroatoms. The summed E-state index contributed by atoms with van der Waals surface area (Å²) in [7, 11) is 0. The fourth-order valence-electron chi connectivity index (χ4n) is 3.33. The van der Waals surface area contributed by atoms with Crippen LogP contribution in [-0.2, 0) is 17.0 Å². The Balaban J connectivity index is 1.73. The summed E-state index contributed by atoms with van der Waals surface area (Å²) in [5.41, 5.74) is 8.45. The van der Waals surface area contributed by atoms with Crippen molar-refractivity contribution in [1.82, 2.24) is 10.8 Å². The molecule has 0 aliphatic carbocycles. The standard InChI is InChI=1S/C28H25N3O5/c1-28(35,23-14-8-21(18-32)9-15-23)25(27(34)31-36)30-26(33)22-12-6-19(7-13-22)4-2-3-5-20-10-16-24(29)17-11-20/h6-17,25,32,35-36H,18,29H2,1H3,(H,30,33)(H,31,34)/t25-,28-/m1/s1. The summed E-state index contributed by atoms with van der Waals surface area (Å²) in [6.45, 7) is 1.15. The van der Waals surface area contributed by atoms with Gasteiger partial charge in [0.05, 0.1) is 6.61 Å². The van der Waals surface area contributed by atoms with E-state index >= 15 is 0 Å². The summed E-state index contributed by atoms with van der Waals surface area (Å²) >= 11 is 0. The lowest BCUT2D eigenvalue weighted by molar-refractivity contribution is -0.138. The second-order valence-electron chi connectivity index (χ2n) is 8.08. The molecule has 0 unspecified atom stereocenters. The van der Waals surface area contributed by atoms with E-state index in [1.165, 1.54) is 36.7 Å². The second-order valence-corrected chi connectivity index (χ2v) is 8.08. The van der Waals surface area contributed by atoms with Gasteiger partial charge in [-0.05, 0) is 78.4 Å². The first-order valence-electron chi connectivity index (χ1n) is 10.9. The summed E-state index contributed by atoms with van der Waals surface area (Å²) in [5, 5.41) is 31.9. The van der Waals surface area contributed by atoms with Gasteiger partial charge in [-0.1, -0.05) is 36.1 Å². The molecule has 0 bridgehead atoms. The number of hydrogen-bond donors (Lipinski definition) is 6. The normalized spacial score (nSPS) is 12.6. The second kappa shape index (κ2) is 11.7. The van der Waals surface area contributed by atoms with Crippen LogP contribution in [0.1, 0.15) is 39.5 Å². The van der Waals surface area contributed by atoms with Crippen LogP contribution in [0, 0.1) is 23.7 Å². The molecule has 7 N–H and O–H groups in total. The molecule has 0 aromatic heterocycles. The number of carbonyl (C=O) groups is 2. The maximum Gasteiger partial charge on any atom is 0.269 e. The number of aliphatic hydroxyl groups excluding tert-OH is 1. The predicted molar refractivity (Wildman–Crippen MR) is 134 cm³/mol. The Morgan fingerprint density at radius 2 is 1.44 bits per heavy atom. The van der Waals surface area contributed by atoms with Crippen LogP contribution >= 0.6 is 0 Å². The SMILES string of the molecule is C[C@@](O)(c1ccc(CO)cc1)[C@H](NC(=O)c1ccc(C#CC#Cc2ccc(N)cc2)cc1)C(=O)NO. The highest BCUT2D eigenvalue weighted by molar-refractivity contribution is 5.98. The Kier molecular flexibility index (Phi) is 8.45. The minimum Gasteiger partial charge on any atom is -0.399 e. The van der Waals surface area contributed by atoms with Gasteiger partial charge in [0.15, 0.2) is 0 Å². The molecule has 36 heavy (non-hydrogen) atoms. The molecule has 3 rings (SSSR count). The quantitative estimate of drug-likeness (QED) is 0.136. The largest absolute Gasteiger partial charge is 0.399 e. The number of aliphatic hydroxyl groups is 2. The van der Waals surface area contributed by atoms with E-state index in [9.17, 15) is 25.0 Å². The molecule has 0 heterocycles. The third kappa shape index (κ3) is 6.50. The molecular weight excluding hydrogens is 458 g/mol. The minimum absolute atomic E-state index is 0.185. The molecule has 2 amide bonds. The molecule has 0 aliphatic heterocycles. The van der Waals surface area contributed by atoms with E-state index in [1.54, 1.807) is 48.5 Å². The van der Waals surface area contributed by atoms with Gasteiger partial charge in [0.1, 0.15) is 11.6 Å². The Labute approximate surface area is 208 Å². The summed E-state index contributed by atoms with van der Waals surface area (Å²) in [4.78, 5) is 25.2. The molecule has 2 atom stereocenters. The van der Waals surface area contributed by atoms with Crippen molar-refractivity contribution in [2.24, 2.45) is 0 Å². The van der Waals surface area contributed by atoms with E-state index in [-0.39, 0.29) is 12.2 Å². The zero-order valence-electron chi connectivity index (χ0n) is 19.4. The van der Waals surface area contributed by atoms with Gasteiger partial charge in [-0.2, -0.15) is 0 Å². The van der Waals surface area contributed by atoms with Gasteiger partial charge in [-0.25, -0.2) is 5.48 Å². The maximum atomic E-state index is 12.8. The third-order valence-electron chi connectivity index (χ3n) is 5.46. The molecule has 0 fully saturated rings. The summed E-state index contributed by atoms with van der Waals surface area (Å²) in [6.07, 6.45) is 0. The van der Waals surface area contributed by atoms with Crippen LogP contribution in [0.15, 0.2) is 72.8 Å². The Morgan fingerprint density at radius 1 is 0.917 bits per heavy atom. The Hall–Kier alpha value is -4.60. The predicted octanol–water partition coefficient (Wildman–Crippen LogP) is 1.68. The van der Waals surface area contributed by atoms with Gasteiger partial charge < -0.3 is 21.3 Å². The number of carbonyl (C=O) groups excluding carboxylic acids is 2. The molecule has 0 spiro atoms. The highest BCUT2D eigenvalue weighted by Gasteiger charge is 2.40. The lowest BCUT2D eigenvalue weighted by atomic mass is 9.87. The fourth-order valence-corrected chi connectivity index (χ4v) is 3.33. The minimum atomic E-state index is -1.87. The molecule has 0 aliphatic rings. The van der Waals surface area contributed by atoms with Crippen molar-refractivity contribution in [2.45, 2.75) is 25.2 Å². The Morgan fingerprint density at radius 3 is 1.94 bits per heavy atom. The molecule has 8 nitrogen and oxygen atoms in total. The third-order valence-corrected chi connectivity index (χ3v) is 5.46. The zero-order chi connectivity index (χ0) is 26.1. The smallest absolute Gasteiger partial charge is 0.269 e. The number of amides is 2. The summed E-state index contributed by atoms with van der Waals surface area (Å²) in [6, 6.07) is 18.1. The van der Waals surface area contributed by atoms with Gasteiger partial charge in [-0.15, -0.1) is 0 Å². The molecular formula is C28H25N3O5. The van der Waals surface area contributed by atoms with Crippen LogP contribution in [0.5, 0.6) is 0 Å². The number of anilines is 1. The van der Waals surface area contributed by atoms with Gasteiger partial charge in [0.25, 0.3) is 11.8 Å². The van der Waals surface area contributed by atoms with E-state index in [1.807, 2.05) is 0 Å². The molecule has 0 radical (unpaired) electrons. The monoisotopic (exact) mass is 483 g/mol. The highest BCUT2D eigenvalue weighted by Crippen LogP contribution is 2.26. The van der Waals surface area contributed by atoms with E-state index < -0.39 is 23.5 Å². The lowest BCUT2D eigenvalue weighted by Gasteiger charge is -2.32. The maximum absolute atomic E-state index is 12.8. The average Bonchev–Trinajstić information content (AvgIpc) is 2.90. The van der Waals surface area contributed by atoms with Crippen molar-refractivity contribution in [3.63, 3.8) is 0 Å². The highest BCUT2D eigenvalue weighted by atomic mass is 16.5. The molecule has 0 saturated carbocycles. The fraction of sp³-hybridized carbons (Fsp3) is 0.143. The number of nitrogens with one attached hydrogen (secondary N) is 2. The van der Waals surface area contributed by atoms with E-state index in [0.29, 0.717) is 22.4 Å². The van der Waals surface area contributed by atoms with Crippen LogP contribution in [0.4, 0.5) is 5.69 Å². The van der Waals surface area contributed by atoms with Gasteiger partial charge >= 0.3 is 0 Å². The van der Waals surface area contributed by atoms with E-state index in [4.69, 9.17) is 5.73 Å². The summed E-state index contributed by atoms with van der Waals surface area (Å²) < 4.78 is 0. The average molecular weight is 484 g/mol. The Bertz CT molecular complexity index is 1340. The number of rotatable bonds is 6. The van der Waals surface area contributed by atoms with Crippen molar-refractivity contribution in [2.75, 3.05) is 5.73 Å². The first-order valence-corrected chi connectivity index (χ1v) is 10.9. The van der Waals surface area contributed by atoms with Crippen molar-refractivity contribution in [1.29, 1.82) is 0 Å². The van der Waals surface area contributed by atoms with Gasteiger partial charge in [0.2, 0.25) is 0 Å². The first-order chi connectivity index (χ1) is 17.2. The number of nitrogen functional groups attached to an aromatic ring is 1. The van der Waals surface area contributed by atoms with Crippen molar-refractivity contribution in [3.05, 3.63) is 101 Å². The lowest BCUT2D eigenvalue weighted by Crippen LogP contribution is -2.57. The number of hydrogen-bond acceptors (Lipinski definition) is 6. The van der Waals surface area contributed by atoms with Crippen LogP contribution in [0.3, 0.4) is 0 Å². The first kappa shape index (κ1) is 26.0. The number of benzene rings is 3. The number of hydroxylamine groups is 1. The van der Waals surface area contributed by atoms with Crippen LogP contribution in [-0.4, -0.2) is 33.3 Å². The topological polar surface area (TPSA) is 145 Å². The number of nitrogens with two attached hydrogens (primary N) is 1. The van der Waals surface area contributed by atoms with Crippen molar-refractivity contribution < 1.29 is 25.0 Å². The zero-order valence-corrected chi connectivity index (χ0v) is 19.4. The van der Waals surface area contributed by atoms with E-state index in [2.05, 4.69) is 29.0 Å². The summed E-state index contributed by atoms with van der Waals surface area (Å²) in [5.74, 6) is 9.64. The van der Waals surface area contributed by atoms with E-state index in [0.717, 1.165) is 5.56 Å². The molecule has 3 aromatic rings.